The SMILES string of the molecule is COc1ccc(OCC(=O)Nc2cc(OC)ccc2N2CCOCC2)cc1. The molecule has 0 saturated carbocycles. The standard InChI is InChI=1S/C20H24N2O5/c1-24-15-3-5-16(6-4-15)27-14-20(23)21-18-13-17(25-2)7-8-19(18)22-9-11-26-12-10-22/h3-8,13H,9-12,14H2,1-2H3,(H,21,23). The Labute approximate surface area is 158 Å². The minimum Gasteiger partial charge on any atom is -0.497 e. The Hall–Kier alpha value is -2.93. The highest BCUT2D eigenvalue weighted by atomic mass is 16.5. The van der Waals surface area contributed by atoms with Crippen LogP contribution in [0.1, 0.15) is 0 Å². The molecule has 0 bridgehead atoms. The van der Waals surface area contributed by atoms with E-state index in [0.717, 1.165) is 24.5 Å². The van der Waals surface area contributed by atoms with Crippen LogP contribution in [-0.2, 0) is 9.53 Å². The number of carbonyl (C=O) groups is 1. The fraction of sp³-hybridized carbons (Fsp3) is 0.350. The minimum absolute atomic E-state index is 0.0912. The van der Waals surface area contributed by atoms with Gasteiger partial charge in [0, 0.05) is 19.2 Å². The molecule has 1 fully saturated rings. The highest BCUT2D eigenvalue weighted by molar-refractivity contribution is 5.95. The molecule has 0 aliphatic carbocycles. The van der Waals surface area contributed by atoms with Gasteiger partial charge in [-0.3, -0.25) is 4.79 Å². The molecule has 144 valence electrons. The molecule has 1 N–H and O–H groups in total. The number of benzene rings is 2. The number of nitrogens with zero attached hydrogens (tertiary/aromatic N) is 1. The molecule has 7 nitrogen and oxygen atoms in total. The summed E-state index contributed by atoms with van der Waals surface area (Å²) in [4.78, 5) is 14.6. The summed E-state index contributed by atoms with van der Waals surface area (Å²) in [6.45, 7) is 2.79. The lowest BCUT2D eigenvalue weighted by Crippen LogP contribution is -2.37. The zero-order valence-electron chi connectivity index (χ0n) is 15.6. The summed E-state index contributed by atoms with van der Waals surface area (Å²) in [6, 6.07) is 12.7. The number of ether oxygens (including phenoxy) is 4. The van der Waals surface area contributed by atoms with Crippen molar-refractivity contribution in [2.24, 2.45) is 0 Å². The van der Waals surface area contributed by atoms with Gasteiger partial charge in [0.15, 0.2) is 6.61 Å². The Kier molecular flexibility index (Phi) is 6.38. The van der Waals surface area contributed by atoms with E-state index in [1.807, 2.05) is 18.2 Å². The van der Waals surface area contributed by atoms with E-state index in [0.29, 0.717) is 30.4 Å². The highest BCUT2D eigenvalue weighted by Gasteiger charge is 2.17. The number of morpholine rings is 1. The third kappa shape index (κ3) is 5.04. The second kappa shape index (κ2) is 9.14. The van der Waals surface area contributed by atoms with Crippen molar-refractivity contribution in [2.45, 2.75) is 0 Å². The van der Waals surface area contributed by atoms with E-state index in [1.54, 1.807) is 38.5 Å². The van der Waals surface area contributed by atoms with Crippen LogP contribution in [0.2, 0.25) is 0 Å². The second-order valence-corrected chi connectivity index (χ2v) is 5.99. The number of anilines is 2. The number of methoxy groups -OCH3 is 2. The Bertz CT molecular complexity index is 757. The first-order valence-corrected chi connectivity index (χ1v) is 8.77. The van der Waals surface area contributed by atoms with Crippen LogP contribution in [0.25, 0.3) is 0 Å². The van der Waals surface area contributed by atoms with Gasteiger partial charge >= 0.3 is 0 Å². The summed E-state index contributed by atoms with van der Waals surface area (Å²) in [5, 5.41) is 2.92. The van der Waals surface area contributed by atoms with Crippen molar-refractivity contribution in [3.8, 4) is 17.2 Å². The number of amides is 1. The maximum absolute atomic E-state index is 12.4. The lowest BCUT2D eigenvalue weighted by molar-refractivity contribution is -0.118. The molecule has 1 amide bonds. The van der Waals surface area contributed by atoms with Gasteiger partial charge in [-0.15, -0.1) is 0 Å². The summed E-state index contributed by atoms with van der Waals surface area (Å²) in [7, 11) is 3.20. The minimum atomic E-state index is -0.242. The molecular weight excluding hydrogens is 348 g/mol. The summed E-state index contributed by atoms with van der Waals surface area (Å²) < 4.78 is 21.4. The molecule has 0 spiro atoms. The van der Waals surface area contributed by atoms with Crippen molar-refractivity contribution in [1.82, 2.24) is 0 Å². The van der Waals surface area contributed by atoms with E-state index in [1.165, 1.54) is 0 Å². The monoisotopic (exact) mass is 372 g/mol. The largest absolute Gasteiger partial charge is 0.497 e. The molecule has 7 heteroatoms. The molecular formula is C20H24N2O5. The summed E-state index contributed by atoms with van der Waals surface area (Å²) in [6.07, 6.45) is 0. The first kappa shape index (κ1) is 18.8. The van der Waals surface area contributed by atoms with Gasteiger partial charge in [0.2, 0.25) is 0 Å². The Morgan fingerprint density at radius 3 is 2.30 bits per heavy atom. The van der Waals surface area contributed by atoms with E-state index < -0.39 is 0 Å². The fourth-order valence-electron chi connectivity index (χ4n) is 2.83. The van der Waals surface area contributed by atoms with E-state index in [-0.39, 0.29) is 12.5 Å². The fourth-order valence-corrected chi connectivity index (χ4v) is 2.83. The number of hydrogen-bond acceptors (Lipinski definition) is 6. The number of nitrogens with one attached hydrogen (secondary N) is 1. The van der Waals surface area contributed by atoms with Gasteiger partial charge in [-0.05, 0) is 36.4 Å². The molecule has 1 saturated heterocycles. The van der Waals surface area contributed by atoms with Crippen LogP contribution in [0, 0.1) is 0 Å². The Morgan fingerprint density at radius 2 is 1.63 bits per heavy atom. The normalized spacial score (nSPS) is 13.8. The maximum atomic E-state index is 12.4. The van der Waals surface area contributed by atoms with Gasteiger partial charge in [0.25, 0.3) is 5.91 Å². The van der Waals surface area contributed by atoms with Crippen molar-refractivity contribution >= 4 is 17.3 Å². The average molecular weight is 372 g/mol. The Balaban J connectivity index is 1.66. The van der Waals surface area contributed by atoms with Gasteiger partial charge in [-0.1, -0.05) is 0 Å². The molecule has 2 aromatic carbocycles. The second-order valence-electron chi connectivity index (χ2n) is 5.99. The molecule has 0 aromatic heterocycles. The van der Waals surface area contributed by atoms with Crippen molar-refractivity contribution in [3.05, 3.63) is 42.5 Å². The van der Waals surface area contributed by atoms with Crippen molar-refractivity contribution < 1.29 is 23.7 Å². The van der Waals surface area contributed by atoms with E-state index in [4.69, 9.17) is 18.9 Å². The van der Waals surface area contributed by atoms with E-state index in [9.17, 15) is 4.79 Å². The van der Waals surface area contributed by atoms with Gasteiger partial charge < -0.3 is 29.2 Å². The topological polar surface area (TPSA) is 69.3 Å². The molecule has 2 aromatic rings. The molecule has 1 aliphatic rings. The molecule has 0 atom stereocenters. The Morgan fingerprint density at radius 1 is 1.00 bits per heavy atom. The van der Waals surface area contributed by atoms with Gasteiger partial charge in [0.1, 0.15) is 17.2 Å². The number of rotatable bonds is 7. The van der Waals surface area contributed by atoms with Crippen molar-refractivity contribution in [1.29, 1.82) is 0 Å². The van der Waals surface area contributed by atoms with Crippen LogP contribution >= 0.6 is 0 Å². The molecule has 0 radical (unpaired) electrons. The molecule has 3 rings (SSSR count). The third-order valence-electron chi connectivity index (χ3n) is 4.26. The molecule has 1 aliphatic heterocycles. The van der Waals surface area contributed by atoms with Gasteiger partial charge in [-0.2, -0.15) is 0 Å². The smallest absolute Gasteiger partial charge is 0.262 e. The molecule has 1 heterocycles. The van der Waals surface area contributed by atoms with Crippen LogP contribution in [-0.4, -0.2) is 53.0 Å². The number of carbonyl (C=O) groups excluding carboxylic acids is 1. The summed E-state index contributed by atoms with van der Waals surface area (Å²) in [5.74, 6) is 1.77. The zero-order valence-corrected chi connectivity index (χ0v) is 15.6. The highest BCUT2D eigenvalue weighted by Crippen LogP contribution is 2.31. The van der Waals surface area contributed by atoms with Crippen LogP contribution in [0.5, 0.6) is 17.2 Å². The zero-order chi connectivity index (χ0) is 19.1. The van der Waals surface area contributed by atoms with Crippen LogP contribution in [0.15, 0.2) is 42.5 Å². The van der Waals surface area contributed by atoms with Crippen LogP contribution < -0.4 is 24.4 Å². The van der Waals surface area contributed by atoms with E-state index >= 15 is 0 Å². The molecule has 27 heavy (non-hydrogen) atoms. The third-order valence-corrected chi connectivity index (χ3v) is 4.26. The number of hydrogen-bond donors (Lipinski definition) is 1. The van der Waals surface area contributed by atoms with Crippen molar-refractivity contribution in [2.75, 3.05) is 57.3 Å². The molecule has 0 unspecified atom stereocenters. The van der Waals surface area contributed by atoms with Gasteiger partial charge in [-0.25, -0.2) is 0 Å². The van der Waals surface area contributed by atoms with E-state index in [2.05, 4.69) is 10.2 Å². The van der Waals surface area contributed by atoms with Crippen molar-refractivity contribution in [3.63, 3.8) is 0 Å². The lowest BCUT2D eigenvalue weighted by atomic mass is 10.2. The summed E-state index contributed by atoms with van der Waals surface area (Å²) >= 11 is 0. The average Bonchev–Trinajstić information content (AvgIpc) is 2.73. The summed E-state index contributed by atoms with van der Waals surface area (Å²) in [5.41, 5.74) is 1.64. The predicted molar refractivity (Wildman–Crippen MR) is 103 cm³/mol. The van der Waals surface area contributed by atoms with Crippen LogP contribution in [0.3, 0.4) is 0 Å². The maximum Gasteiger partial charge on any atom is 0.262 e. The quantitative estimate of drug-likeness (QED) is 0.806. The van der Waals surface area contributed by atoms with Crippen LogP contribution in [0.4, 0.5) is 11.4 Å². The first-order chi connectivity index (χ1) is 13.2. The predicted octanol–water partition coefficient (Wildman–Crippen LogP) is 2.56. The first-order valence-electron chi connectivity index (χ1n) is 8.77. The lowest BCUT2D eigenvalue weighted by Gasteiger charge is -2.30. The van der Waals surface area contributed by atoms with Gasteiger partial charge in [0.05, 0.1) is 38.8 Å².